The van der Waals surface area contributed by atoms with E-state index in [1.165, 1.54) is 12.1 Å². The fourth-order valence-corrected chi connectivity index (χ4v) is 3.86. The van der Waals surface area contributed by atoms with Crippen LogP contribution in [0, 0.1) is 11.7 Å². The monoisotopic (exact) mass is 421 g/mol. The van der Waals surface area contributed by atoms with Gasteiger partial charge in [0.25, 0.3) is 5.91 Å². The molecule has 1 fully saturated rings. The Morgan fingerprint density at radius 1 is 1.13 bits per heavy atom. The molecule has 7 nitrogen and oxygen atoms in total. The third-order valence-electron chi connectivity index (χ3n) is 5.58. The largest absolute Gasteiger partial charge is 0.344 e. The summed E-state index contributed by atoms with van der Waals surface area (Å²) in [5.74, 6) is -0.904. The SMILES string of the molecule is CN1CCN(C(=O)c2cc(-c3ccc(F)cc3)n(C)n2)C[C@H](Cc2ccccn2)C1=O. The first-order valence-corrected chi connectivity index (χ1v) is 10.2. The Balaban J connectivity index is 1.56. The quantitative estimate of drug-likeness (QED) is 0.649. The van der Waals surface area contributed by atoms with Gasteiger partial charge < -0.3 is 9.80 Å². The van der Waals surface area contributed by atoms with Crippen molar-refractivity contribution in [1.82, 2.24) is 24.6 Å². The van der Waals surface area contributed by atoms with Crippen LogP contribution in [-0.2, 0) is 18.3 Å². The first-order valence-electron chi connectivity index (χ1n) is 10.2. The summed E-state index contributed by atoms with van der Waals surface area (Å²) in [5, 5.41) is 4.38. The number of hydrogen-bond acceptors (Lipinski definition) is 4. The number of halogens is 1. The van der Waals surface area contributed by atoms with Gasteiger partial charge in [-0.25, -0.2) is 4.39 Å². The highest BCUT2D eigenvalue weighted by Crippen LogP contribution is 2.22. The number of amides is 2. The average Bonchev–Trinajstić information content (AvgIpc) is 3.11. The molecule has 2 aromatic heterocycles. The Morgan fingerprint density at radius 3 is 2.61 bits per heavy atom. The minimum Gasteiger partial charge on any atom is -0.344 e. The number of carbonyl (C=O) groups excluding carboxylic acids is 2. The molecule has 4 rings (SSSR count). The van der Waals surface area contributed by atoms with Crippen molar-refractivity contribution in [3.8, 4) is 11.3 Å². The van der Waals surface area contributed by atoms with Crippen molar-refractivity contribution in [2.45, 2.75) is 6.42 Å². The van der Waals surface area contributed by atoms with E-state index in [1.807, 2.05) is 18.2 Å². The van der Waals surface area contributed by atoms with Crippen molar-refractivity contribution < 1.29 is 14.0 Å². The smallest absolute Gasteiger partial charge is 0.274 e. The summed E-state index contributed by atoms with van der Waals surface area (Å²) in [6.07, 6.45) is 2.17. The van der Waals surface area contributed by atoms with Crippen molar-refractivity contribution in [1.29, 1.82) is 0 Å². The fraction of sp³-hybridized carbons (Fsp3) is 0.304. The van der Waals surface area contributed by atoms with E-state index in [-0.39, 0.29) is 23.5 Å². The number of aryl methyl sites for hydroxylation is 1. The molecule has 3 aromatic rings. The third-order valence-corrected chi connectivity index (χ3v) is 5.58. The molecule has 0 bridgehead atoms. The molecular weight excluding hydrogens is 397 g/mol. The van der Waals surface area contributed by atoms with Gasteiger partial charge in [0.05, 0.1) is 11.6 Å². The fourth-order valence-electron chi connectivity index (χ4n) is 3.86. The zero-order valence-electron chi connectivity index (χ0n) is 17.5. The molecule has 31 heavy (non-hydrogen) atoms. The van der Waals surface area contributed by atoms with Crippen molar-refractivity contribution in [2.24, 2.45) is 13.0 Å². The van der Waals surface area contributed by atoms with Gasteiger partial charge in [-0.15, -0.1) is 0 Å². The van der Waals surface area contributed by atoms with E-state index in [2.05, 4.69) is 10.1 Å². The van der Waals surface area contributed by atoms with Crippen LogP contribution in [0.3, 0.4) is 0 Å². The van der Waals surface area contributed by atoms with Gasteiger partial charge >= 0.3 is 0 Å². The maximum absolute atomic E-state index is 13.3. The molecule has 1 aromatic carbocycles. The number of rotatable bonds is 4. The van der Waals surface area contributed by atoms with Crippen LogP contribution < -0.4 is 0 Å². The summed E-state index contributed by atoms with van der Waals surface area (Å²) in [7, 11) is 3.51. The number of pyridine rings is 1. The topological polar surface area (TPSA) is 71.3 Å². The van der Waals surface area contributed by atoms with E-state index in [9.17, 15) is 14.0 Å². The van der Waals surface area contributed by atoms with Crippen LogP contribution in [0.1, 0.15) is 16.2 Å². The molecule has 3 heterocycles. The molecule has 0 N–H and O–H groups in total. The minimum absolute atomic E-state index is 0.00831. The van der Waals surface area contributed by atoms with E-state index in [1.54, 1.807) is 53.0 Å². The maximum atomic E-state index is 13.3. The predicted octanol–water partition coefficient (Wildman–Crippen LogP) is 2.39. The first-order chi connectivity index (χ1) is 14.9. The minimum atomic E-state index is -0.369. The summed E-state index contributed by atoms with van der Waals surface area (Å²) in [6, 6.07) is 13.4. The zero-order valence-corrected chi connectivity index (χ0v) is 17.5. The van der Waals surface area contributed by atoms with Gasteiger partial charge in [0.2, 0.25) is 5.91 Å². The molecule has 8 heteroatoms. The van der Waals surface area contributed by atoms with Crippen LogP contribution in [0.4, 0.5) is 4.39 Å². The number of likely N-dealkylation sites (N-methyl/N-ethyl adjacent to an activating group) is 1. The van der Waals surface area contributed by atoms with Crippen molar-refractivity contribution >= 4 is 11.8 Å². The van der Waals surface area contributed by atoms with Gasteiger partial charge in [-0.3, -0.25) is 19.3 Å². The van der Waals surface area contributed by atoms with Crippen molar-refractivity contribution in [3.05, 3.63) is 71.9 Å². The highest BCUT2D eigenvalue weighted by atomic mass is 19.1. The van der Waals surface area contributed by atoms with Crippen molar-refractivity contribution in [3.63, 3.8) is 0 Å². The Bertz CT molecular complexity index is 1080. The Kier molecular flexibility index (Phi) is 5.79. The number of hydrogen-bond donors (Lipinski definition) is 0. The van der Waals surface area contributed by atoms with E-state index in [0.717, 1.165) is 17.0 Å². The molecule has 1 saturated heterocycles. The van der Waals surface area contributed by atoms with Crippen LogP contribution in [0.2, 0.25) is 0 Å². The standard InChI is InChI=1S/C23H24FN5O2/c1-27-11-12-29(15-17(22(27)30)13-19-5-3-4-10-25-19)23(31)20-14-21(28(2)26-20)16-6-8-18(24)9-7-16/h3-10,14,17H,11-13,15H2,1-2H3/t17-/m0/s1. The maximum Gasteiger partial charge on any atom is 0.274 e. The lowest BCUT2D eigenvalue weighted by Gasteiger charge is -2.22. The predicted molar refractivity (Wildman–Crippen MR) is 114 cm³/mol. The van der Waals surface area contributed by atoms with E-state index in [4.69, 9.17) is 0 Å². The van der Waals surface area contributed by atoms with Gasteiger partial charge in [0.15, 0.2) is 5.69 Å². The first kappa shape index (κ1) is 20.7. The Hall–Kier alpha value is -3.55. The molecule has 2 amide bonds. The third kappa shape index (κ3) is 4.47. The lowest BCUT2D eigenvalue weighted by Crippen LogP contribution is -2.37. The molecule has 1 aliphatic heterocycles. The summed E-state index contributed by atoms with van der Waals surface area (Å²) in [4.78, 5) is 33.8. The highest BCUT2D eigenvalue weighted by Gasteiger charge is 2.32. The molecule has 0 aliphatic carbocycles. The van der Waals surface area contributed by atoms with Crippen LogP contribution >= 0.6 is 0 Å². The summed E-state index contributed by atoms with van der Waals surface area (Å²) in [6.45, 7) is 1.20. The Labute approximate surface area is 180 Å². The molecule has 0 saturated carbocycles. The Morgan fingerprint density at radius 2 is 1.90 bits per heavy atom. The highest BCUT2D eigenvalue weighted by molar-refractivity contribution is 5.94. The average molecular weight is 421 g/mol. The lowest BCUT2D eigenvalue weighted by atomic mass is 10.0. The molecule has 0 spiro atoms. The number of aromatic nitrogens is 3. The normalized spacial score (nSPS) is 17.0. The molecule has 160 valence electrons. The van der Waals surface area contributed by atoms with Gasteiger partial charge in [0, 0.05) is 52.0 Å². The second-order valence-corrected chi connectivity index (χ2v) is 7.78. The van der Waals surface area contributed by atoms with Crippen LogP contribution in [-0.4, -0.2) is 63.1 Å². The summed E-state index contributed by atoms with van der Waals surface area (Å²) in [5.41, 5.74) is 2.61. The van der Waals surface area contributed by atoms with Gasteiger partial charge in [-0.05, 0) is 48.0 Å². The van der Waals surface area contributed by atoms with Crippen molar-refractivity contribution in [2.75, 3.05) is 26.7 Å². The summed E-state index contributed by atoms with van der Waals surface area (Å²) < 4.78 is 14.9. The molecular formula is C23H24FN5O2. The molecule has 1 atom stereocenters. The van der Waals surface area contributed by atoms with Gasteiger partial charge in [-0.2, -0.15) is 5.10 Å². The zero-order chi connectivity index (χ0) is 22.0. The second-order valence-electron chi connectivity index (χ2n) is 7.78. The van der Waals surface area contributed by atoms with Crippen LogP contribution in [0.5, 0.6) is 0 Å². The molecule has 0 unspecified atom stereocenters. The van der Waals surface area contributed by atoms with E-state index in [0.29, 0.717) is 31.7 Å². The summed E-state index contributed by atoms with van der Waals surface area (Å²) >= 11 is 0. The van der Waals surface area contributed by atoms with Gasteiger partial charge in [-0.1, -0.05) is 6.07 Å². The number of carbonyl (C=O) groups is 2. The van der Waals surface area contributed by atoms with Gasteiger partial charge in [0.1, 0.15) is 5.82 Å². The van der Waals surface area contributed by atoms with E-state index >= 15 is 0 Å². The molecule has 0 radical (unpaired) electrons. The number of benzene rings is 1. The number of nitrogens with zero attached hydrogens (tertiary/aromatic N) is 5. The van der Waals surface area contributed by atoms with E-state index < -0.39 is 0 Å². The van der Waals surface area contributed by atoms with Crippen LogP contribution in [0.15, 0.2) is 54.7 Å². The van der Waals surface area contributed by atoms with Crippen LogP contribution in [0.25, 0.3) is 11.3 Å². The second kappa shape index (κ2) is 8.67. The molecule has 1 aliphatic rings. The lowest BCUT2D eigenvalue weighted by molar-refractivity contribution is -0.133.